The Morgan fingerprint density at radius 2 is 1.60 bits per heavy atom. The summed E-state index contributed by atoms with van der Waals surface area (Å²) in [5.41, 5.74) is 10.9. The lowest BCUT2D eigenvalue weighted by Crippen LogP contribution is -2.39. The minimum Gasteiger partial charge on any atom is -0.479 e. The minimum absolute atomic E-state index is 0.244. The summed E-state index contributed by atoms with van der Waals surface area (Å²) in [6, 6.07) is 21.4. The SMILES string of the molecule is Cc1ccccc1-c1cccc(N2CCc3cc(-c4c(C)nc(C)c(C(OC(C)(C)C)C(=O)O)c4N4CCC(C)(C)CC4)ccc3C2)n1. The van der Waals surface area contributed by atoms with Crippen molar-refractivity contribution in [2.24, 2.45) is 5.41 Å². The standard InChI is InChI=1S/C41H50N4O3/c1-26-12-9-10-13-32(26)33-14-11-15-34(43-33)45-21-18-29-24-30(16-17-31(29)25-45)35-27(2)42-28(3)36(38(39(46)47)48-40(4,5)6)37(35)44-22-19-41(7,8)20-23-44/h9-17,24,38H,18-23,25H2,1-8H3,(H,46,47). The van der Waals surface area contributed by atoms with Crippen molar-refractivity contribution in [2.45, 2.75) is 92.9 Å². The van der Waals surface area contributed by atoms with Crippen LogP contribution in [0, 0.1) is 26.2 Å². The average Bonchev–Trinajstić information content (AvgIpc) is 3.03. The van der Waals surface area contributed by atoms with Gasteiger partial charge in [-0.25, -0.2) is 9.78 Å². The van der Waals surface area contributed by atoms with Crippen LogP contribution in [-0.2, 0) is 22.5 Å². The van der Waals surface area contributed by atoms with Gasteiger partial charge in [0.1, 0.15) is 5.82 Å². The summed E-state index contributed by atoms with van der Waals surface area (Å²) in [7, 11) is 0. The van der Waals surface area contributed by atoms with E-state index in [1.165, 1.54) is 16.7 Å². The van der Waals surface area contributed by atoms with Gasteiger partial charge in [0.25, 0.3) is 0 Å². The molecule has 7 heteroatoms. The number of pyridine rings is 2. The number of hydrogen-bond acceptors (Lipinski definition) is 6. The van der Waals surface area contributed by atoms with Gasteiger partial charge in [0.2, 0.25) is 0 Å². The maximum Gasteiger partial charge on any atom is 0.337 e. The second-order valence-electron chi connectivity index (χ2n) is 15.4. The molecule has 1 N–H and O–H groups in total. The number of rotatable bonds is 7. The quantitative estimate of drug-likeness (QED) is 0.215. The number of benzene rings is 2. The van der Waals surface area contributed by atoms with Crippen LogP contribution < -0.4 is 9.80 Å². The van der Waals surface area contributed by atoms with Crippen LogP contribution in [0.25, 0.3) is 22.4 Å². The molecule has 4 heterocycles. The van der Waals surface area contributed by atoms with Gasteiger partial charge in [-0.05, 0) is 101 Å². The predicted octanol–water partition coefficient (Wildman–Crippen LogP) is 8.87. The van der Waals surface area contributed by atoms with Crippen LogP contribution in [0.1, 0.15) is 87.2 Å². The van der Waals surface area contributed by atoms with Gasteiger partial charge in [-0.3, -0.25) is 4.98 Å². The Hall–Kier alpha value is -4.23. The molecular weight excluding hydrogens is 596 g/mol. The van der Waals surface area contributed by atoms with Crippen molar-refractivity contribution < 1.29 is 14.6 Å². The average molecular weight is 647 g/mol. The number of aryl methyl sites for hydroxylation is 3. The van der Waals surface area contributed by atoms with E-state index in [0.717, 1.165) is 85.0 Å². The van der Waals surface area contributed by atoms with Crippen LogP contribution in [0.5, 0.6) is 0 Å². The molecule has 2 aromatic heterocycles. The molecule has 0 spiro atoms. The maximum absolute atomic E-state index is 12.9. The van der Waals surface area contributed by atoms with Crippen LogP contribution in [0.4, 0.5) is 11.5 Å². The molecule has 0 amide bonds. The van der Waals surface area contributed by atoms with Gasteiger partial charge in [-0.1, -0.05) is 62.4 Å². The van der Waals surface area contributed by atoms with Gasteiger partial charge in [0.15, 0.2) is 6.10 Å². The topological polar surface area (TPSA) is 78.8 Å². The Labute approximate surface area is 286 Å². The van der Waals surface area contributed by atoms with Crippen LogP contribution in [0.15, 0.2) is 60.7 Å². The van der Waals surface area contributed by atoms with Gasteiger partial charge in [0, 0.05) is 54.3 Å². The van der Waals surface area contributed by atoms with Crippen molar-refractivity contribution in [2.75, 3.05) is 29.4 Å². The molecular formula is C41H50N4O3. The fraction of sp³-hybridized carbons (Fsp3) is 0.439. The summed E-state index contributed by atoms with van der Waals surface area (Å²) in [5, 5.41) is 10.5. The number of fused-ring (bicyclic) bond motifs is 1. The van der Waals surface area contributed by atoms with Gasteiger partial charge in [-0.2, -0.15) is 0 Å². The Morgan fingerprint density at radius 3 is 2.29 bits per heavy atom. The molecule has 0 bridgehead atoms. The summed E-state index contributed by atoms with van der Waals surface area (Å²) in [5.74, 6) is -0.00331. The molecule has 2 aliphatic heterocycles. The fourth-order valence-corrected chi connectivity index (χ4v) is 7.27. The molecule has 0 radical (unpaired) electrons. The lowest BCUT2D eigenvalue weighted by atomic mass is 9.81. The highest BCUT2D eigenvalue weighted by Crippen LogP contribution is 2.45. The van der Waals surface area contributed by atoms with Gasteiger partial charge in [0.05, 0.1) is 17.0 Å². The third-order valence-electron chi connectivity index (χ3n) is 9.96. The predicted molar refractivity (Wildman–Crippen MR) is 195 cm³/mol. The molecule has 4 aromatic rings. The van der Waals surface area contributed by atoms with Crippen molar-refractivity contribution in [1.82, 2.24) is 9.97 Å². The van der Waals surface area contributed by atoms with E-state index in [1.807, 2.05) is 27.7 Å². The zero-order chi connectivity index (χ0) is 34.4. The first-order valence-corrected chi connectivity index (χ1v) is 17.3. The molecule has 1 saturated heterocycles. The van der Waals surface area contributed by atoms with E-state index in [4.69, 9.17) is 14.7 Å². The molecule has 1 fully saturated rings. The van der Waals surface area contributed by atoms with Crippen molar-refractivity contribution in [3.05, 3.63) is 94.3 Å². The number of piperidine rings is 1. The van der Waals surface area contributed by atoms with Crippen LogP contribution >= 0.6 is 0 Å². The van der Waals surface area contributed by atoms with E-state index in [2.05, 4.69) is 98.2 Å². The molecule has 6 rings (SSSR count). The molecule has 1 atom stereocenters. The first-order chi connectivity index (χ1) is 22.7. The first kappa shape index (κ1) is 33.7. The number of hydrogen-bond donors (Lipinski definition) is 1. The van der Waals surface area contributed by atoms with Crippen molar-refractivity contribution >= 4 is 17.5 Å². The van der Waals surface area contributed by atoms with Crippen molar-refractivity contribution in [3.8, 4) is 22.4 Å². The van der Waals surface area contributed by atoms with Crippen molar-refractivity contribution in [3.63, 3.8) is 0 Å². The first-order valence-electron chi connectivity index (χ1n) is 17.3. The number of carboxylic acids is 1. The monoisotopic (exact) mass is 646 g/mol. The second kappa shape index (κ2) is 13.0. The Morgan fingerprint density at radius 1 is 0.875 bits per heavy atom. The number of ether oxygens (including phenoxy) is 1. The summed E-state index contributed by atoms with van der Waals surface area (Å²) in [6.45, 7) is 19.8. The molecule has 0 aliphatic carbocycles. The number of anilines is 2. The molecule has 2 aromatic carbocycles. The number of aliphatic carboxylic acids is 1. The Balaban J connectivity index is 1.39. The molecule has 252 valence electrons. The highest BCUT2D eigenvalue weighted by atomic mass is 16.5. The van der Waals surface area contributed by atoms with E-state index in [1.54, 1.807) is 0 Å². The number of nitrogens with zero attached hydrogens (tertiary/aromatic N) is 4. The second-order valence-corrected chi connectivity index (χ2v) is 15.4. The summed E-state index contributed by atoms with van der Waals surface area (Å²) in [4.78, 5) is 27.7. The van der Waals surface area contributed by atoms with Gasteiger partial charge >= 0.3 is 5.97 Å². The smallest absolute Gasteiger partial charge is 0.337 e. The lowest BCUT2D eigenvalue weighted by molar-refractivity contribution is -0.160. The number of carboxylic acid groups (broad SMARTS) is 1. The molecule has 1 unspecified atom stereocenters. The van der Waals surface area contributed by atoms with Crippen LogP contribution in [0.3, 0.4) is 0 Å². The highest BCUT2D eigenvalue weighted by molar-refractivity contribution is 5.88. The highest BCUT2D eigenvalue weighted by Gasteiger charge is 2.36. The Bertz CT molecular complexity index is 1830. The third-order valence-corrected chi connectivity index (χ3v) is 9.96. The lowest BCUT2D eigenvalue weighted by Gasteiger charge is -2.41. The van der Waals surface area contributed by atoms with Crippen LogP contribution in [-0.4, -0.2) is 46.3 Å². The van der Waals surface area contributed by atoms with E-state index < -0.39 is 17.7 Å². The molecule has 0 saturated carbocycles. The maximum atomic E-state index is 12.9. The van der Waals surface area contributed by atoms with Gasteiger partial charge in [-0.15, -0.1) is 0 Å². The summed E-state index contributed by atoms with van der Waals surface area (Å²) < 4.78 is 6.28. The number of aromatic nitrogens is 2. The molecule has 48 heavy (non-hydrogen) atoms. The van der Waals surface area contributed by atoms with E-state index in [-0.39, 0.29) is 5.41 Å². The zero-order valence-corrected chi connectivity index (χ0v) is 29.9. The van der Waals surface area contributed by atoms with E-state index >= 15 is 0 Å². The van der Waals surface area contributed by atoms with Crippen LogP contribution in [0.2, 0.25) is 0 Å². The van der Waals surface area contributed by atoms with E-state index in [0.29, 0.717) is 11.3 Å². The van der Waals surface area contributed by atoms with Gasteiger partial charge < -0.3 is 19.6 Å². The van der Waals surface area contributed by atoms with Crippen molar-refractivity contribution in [1.29, 1.82) is 0 Å². The number of carbonyl (C=O) groups is 1. The fourth-order valence-electron chi connectivity index (χ4n) is 7.27. The molecule has 7 nitrogen and oxygen atoms in total. The summed E-state index contributed by atoms with van der Waals surface area (Å²) >= 11 is 0. The van der Waals surface area contributed by atoms with E-state index in [9.17, 15) is 9.90 Å². The Kier molecular flexibility index (Phi) is 9.12. The summed E-state index contributed by atoms with van der Waals surface area (Å²) in [6.07, 6.45) is 1.82. The third kappa shape index (κ3) is 6.98. The largest absolute Gasteiger partial charge is 0.479 e. The minimum atomic E-state index is -1.13. The zero-order valence-electron chi connectivity index (χ0n) is 29.9. The molecule has 2 aliphatic rings. The normalized spacial score (nSPS) is 16.8.